The van der Waals surface area contributed by atoms with Crippen LogP contribution in [0.1, 0.15) is 22.8 Å². The highest BCUT2D eigenvalue weighted by molar-refractivity contribution is 6.68. The molecule has 0 aliphatic heterocycles. The van der Waals surface area contributed by atoms with Crippen LogP contribution >= 0.6 is 23.2 Å². The summed E-state index contributed by atoms with van der Waals surface area (Å²) in [6.45, 7) is 1.79. The fourth-order valence-electron chi connectivity index (χ4n) is 1.02. The van der Waals surface area contributed by atoms with E-state index in [1.165, 1.54) is 6.07 Å². The van der Waals surface area contributed by atoms with Crippen LogP contribution < -0.4 is 0 Å². The molecule has 0 saturated heterocycles. The number of carbonyl (C=O) groups excluding carboxylic acids is 1. The van der Waals surface area contributed by atoms with Crippen molar-refractivity contribution in [1.29, 1.82) is 0 Å². The van der Waals surface area contributed by atoms with Gasteiger partial charge in [-0.15, -0.1) is 0 Å². The predicted octanol–water partition coefficient (Wildman–Crippen LogP) is 3.42. The molecule has 4 heteroatoms. The Labute approximate surface area is 85.5 Å². The Kier molecular flexibility index (Phi) is 3.28. The van der Waals surface area contributed by atoms with Gasteiger partial charge >= 0.3 is 0 Å². The molecule has 0 saturated carbocycles. The standard InChI is InChI=1S/C9H7Cl2FO/c1-2-5-3-6(9(11)13)7(10)4-8(5)12/h3-4H,2H2,1H3. The van der Waals surface area contributed by atoms with Crippen molar-refractivity contribution in [1.82, 2.24) is 0 Å². The van der Waals surface area contributed by atoms with Crippen LogP contribution in [-0.2, 0) is 6.42 Å². The normalized spacial score (nSPS) is 10.2. The minimum absolute atomic E-state index is 0.0506. The second-order valence-electron chi connectivity index (χ2n) is 2.55. The van der Waals surface area contributed by atoms with Gasteiger partial charge in [0.05, 0.1) is 10.6 Å². The fraction of sp³-hybridized carbons (Fsp3) is 0.222. The predicted molar refractivity (Wildman–Crippen MR) is 51.0 cm³/mol. The lowest BCUT2D eigenvalue weighted by molar-refractivity contribution is 0.108. The molecule has 13 heavy (non-hydrogen) atoms. The molecular formula is C9H7Cl2FO. The van der Waals surface area contributed by atoms with Crippen molar-refractivity contribution < 1.29 is 9.18 Å². The number of benzene rings is 1. The number of carbonyl (C=O) groups is 1. The molecule has 0 amide bonds. The monoisotopic (exact) mass is 220 g/mol. The van der Waals surface area contributed by atoms with Gasteiger partial charge in [0, 0.05) is 0 Å². The van der Waals surface area contributed by atoms with Gasteiger partial charge in [0.25, 0.3) is 5.24 Å². The summed E-state index contributed by atoms with van der Waals surface area (Å²) in [4.78, 5) is 10.8. The van der Waals surface area contributed by atoms with Gasteiger partial charge in [-0.25, -0.2) is 4.39 Å². The van der Waals surface area contributed by atoms with Crippen molar-refractivity contribution in [2.75, 3.05) is 0 Å². The summed E-state index contributed by atoms with van der Waals surface area (Å²) >= 11 is 10.9. The summed E-state index contributed by atoms with van der Waals surface area (Å²) in [5, 5.41) is -0.616. The zero-order valence-corrected chi connectivity index (χ0v) is 8.42. The number of aryl methyl sites for hydroxylation is 1. The third kappa shape index (κ3) is 2.20. The number of hydrogen-bond donors (Lipinski definition) is 0. The molecule has 0 aliphatic rings. The smallest absolute Gasteiger partial charge is 0.253 e. The van der Waals surface area contributed by atoms with E-state index in [1.807, 2.05) is 0 Å². The minimum atomic E-state index is -0.667. The molecule has 1 aromatic carbocycles. The van der Waals surface area contributed by atoms with Crippen molar-refractivity contribution in [2.45, 2.75) is 13.3 Å². The quantitative estimate of drug-likeness (QED) is 0.699. The molecule has 0 N–H and O–H groups in total. The molecule has 1 rings (SSSR count). The van der Waals surface area contributed by atoms with E-state index in [4.69, 9.17) is 23.2 Å². The van der Waals surface area contributed by atoms with E-state index in [0.717, 1.165) is 6.07 Å². The van der Waals surface area contributed by atoms with Crippen LogP contribution in [0.4, 0.5) is 4.39 Å². The van der Waals surface area contributed by atoms with Gasteiger partial charge in [-0.1, -0.05) is 18.5 Å². The second kappa shape index (κ2) is 4.07. The minimum Gasteiger partial charge on any atom is -0.276 e. The first kappa shape index (κ1) is 10.5. The van der Waals surface area contributed by atoms with Crippen molar-refractivity contribution in [3.05, 3.63) is 34.1 Å². The van der Waals surface area contributed by atoms with Crippen molar-refractivity contribution >= 4 is 28.4 Å². The molecule has 0 spiro atoms. The maximum atomic E-state index is 13.1. The molecule has 0 aliphatic carbocycles. The van der Waals surface area contributed by atoms with E-state index in [1.54, 1.807) is 6.92 Å². The van der Waals surface area contributed by atoms with Crippen molar-refractivity contribution in [3.63, 3.8) is 0 Å². The van der Waals surface area contributed by atoms with E-state index in [9.17, 15) is 9.18 Å². The number of halogens is 3. The lowest BCUT2D eigenvalue weighted by Crippen LogP contribution is -1.96. The Morgan fingerprint density at radius 3 is 2.62 bits per heavy atom. The molecule has 1 aromatic rings. The summed E-state index contributed by atoms with van der Waals surface area (Å²) in [6, 6.07) is 2.49. The third-order valence-corrected chi connectivity index (χ3v) is 2.25. The highest BCUT2D eigenvalue weighted by Gasteiger charge is 2.11. The molecule has 0 atom stereocenters. The van der Waals surface area contributed by atoms with Gasteiger partial charge in [-0.2, -0.15) is 0 Å². The lowest BCUT2D eigenvalue weighted by Gasteiger charge is -2.03. The van der Waals surface area contributed by atoms with Crippen LogP contribution in [0.15, 0.2) is 12.1 Å². The molecule has 0 bridgehead atoms. The van der Waals surface area contributed by atoms with E-state index in [2.05, 4.69) is 0 Å². The highest BCUT2D eigenvalue weighted by Crippen LogP contribution is 2.22. The average molecular weight is 221 g/mol. The third-order valence-electron chi connectivity index (χ3n) is 1.73. The first-order valence-electron chi connectivity index (χ1n) is 3.74. The lowest BCUT2D eigenvalue weighted by atomic mass is 10.1. The van der Waals surface area contributed by atoms with Crippen LogP contribution in [0.2, 0.25) is 5.02 Å². The van der Waals surface area contributed by atoms with Crippen molar-refractivity contribution in [2.24, 2.45) is 0 Å². The van der Waals surface area contributed by atoms with Crippen LogP contribution in [0.5, 0.6) is 0 Å². The van der Waals surface area contributed by atoms with Crippen LogP contribution in [0, 0.1) is 5.82 Å². The first-order chi connectivity index (χ1) is 6.06. The molecule has 70 valence electrons. The van der Waals surface area contributed by atoms with E-state index in [0.29, 0.717) is 12.0 Å². The topological polar surface area (TPSA) is 17.1 Å². The van der Waals surface area contributed by atoms with Gasteiger partial charge < -0.3 is 0 Å². The second-order valence-corrected chi connectivity index (χ2v) is 3.30. The summed E-state index contributed by atoms with van der Waals surface area (Å²) in [7, 11) is 0. The zero-order valence-electron chi connectivity index (χ0n) is 6.90. The largest absolute Gasteiger partial charge is 0.276 e. The number of hydrogen-bond acceptors (Lipinski definition) is 1. The van der Waals surface area contributed by atoms with Crippen LogP contribution in [0.3, 0.4) is 0 Å². The van der Waals surface area contributed by atoms with Gasteiger partial charge in [0.1, 0.15) is 5.82 Å². The summed E-state index contributed by atoms with van der Waals surface area (Å²) in [6.07, 6.45) is 0.500. The SMILES string of the molecule is CCc1cc(C(=O)Cl)c(Cl)cc1F. The molecule has 0 fully saturated rings. The summed E-state index contributed by atoms with van der Waals surface area (Å²) < 4.78 is 13.1. The maximum Gasteiger partial charge on any atom is 0.253 e. The Morgan fingerprint density at radius 2 is 2.15 bits per heavy atom. The van der Waals surface area contributed by atoms with Gasteiger partial charge in [0.15, 0.2) is 0 Å². The highest BCUT2D eigenvalue weighted by atomic mass is 35.5. The molecule has 0 radical (unpaired) electrons. The molecular weight excluding hydrogens is 214 g/mol. The van der Waals surface area contributed by atoms with E-state index >= 15 is 0 Å². The van der Waals surface area contributed by atoms with Gasteiger partial charge in [0.2, 0.25) is 0 Å². The van der Waals surface area contributed by atoms with Crippen molar-refractivity contribution in [3.8, 4) is 0 Å². The maximum absolute atomic E-state index is 13.1. The molecule has 1 nitrogen and oxygen atoms in total. The number of rotatable bonds is 2. The Balaban J connectivity index is 3.30. The Hall–Kier alpha value is -0.600. The Morgan fingerprint density at radius 1 is 1.54 bits per heavy atom. The van der Waals surface area contributed by atoms with E-state index < -0.39 is 11.1 Å². The summed E-state index contributed by atoms with van der Waals surface area (Å²) in [5.41, 5.74) is 0.593. The van der Waals surface area contributed by atoms with Gasteiger partial charge in [-0.05, 0) is 35.7 Å². The van der Waals surface area contributed by atoms with Crippen LogP contribution in [-0.4, -0.2) is 5.24 Å². The Bertz CT molecular complexity index is 350. The first-order valence-corrected chi connectivity index (χ1v) is 4.49. The molecule has 0 aromatic heterocycles. The fourth-order valence-corrected chi connectivity index (χ4v) is 1.46. The molecule has 0 heterocycles. The van der Waals surface area contributed by atoms with Crippen LogP contribution in [0.25, 0.3) is 0 Å². The summed E-state index contributed by atoms with van der Waals surface area (Å²) in [5.74, 6) is -0.408. The molecule has 0 unspecified atom stereocenters. The van der Waals surface area contributed by atoms with E-state index in [-0.39, 0.29) is 10.6 Å². The average Bonchev–Trinajstić information content (AvgIpc) is 2.03. The zero-order chi connectivity index (χ0) is 10.0. The van der Waals surface area contributed by atoms with Gasteiger partial charge in [-0.3, -0.25) is 4.79 Å².